The molecule has 2 aromatic carbocycles. The lowest BCUT2D eigenvalue weighted by molar-refractivity contribution is -0.141. The number of methoxy groups -OCH3 is 1. The van der Waals surface area contributed by atoms with Crippen LogP contribution in [0.1, 0.15) is 95.0 Å². The Morgan fingerprint density at radius 1 is 0.962 bits per heavy atom. The van der Waals surface area contributed by atoms with Crippen LogP contribution in [0.25, 0.3) is 0 Å². The van der Waals surface area contributed by atoms with Crippen LogP contribution in [0.3, 0.4) is 0 Å². The molecule has 1 heterocycles. The fourth-order valence-electron chi connectivity index (χ4n) is 6.93. The molecule has 6 atom stereocenters. The maximum Gasteiger partial charge on any atom is 0.315 e. The minimum Gasteiger partial charge on any atom is -0.468 e. The van der Waals surface area contributed by atoms with Crippen LogP contribution in [0.5, 0.6) is 0 Å². The Kier molecular flexibility index (Phi) is 14.1. The van der Waals surface area contributed by atoms with Crippen molar-refractivity contribution in [1.29, 1.82) is 0 Å². The monoisotopic (exact) mass is 750 g/mol. The van der Waals surface area contributed by atoms with E-state index in [9.17, 15) is 24.0 Å². The van der Waals surface area contributed by atoms with Gasteiger partial charge in [-0.25, -0.2) is 0 Å². The molecular formula is C40H58N6O6S. The molecule has 1 aliphatic heterocycles. The van der Waals surface area contributed by atoms with E-state index in [1.165, 1.54) is 24.4 Å². The van der Waals surface area contributed by atoms with E-state index in [4.69, 9.17) is 16.2 Å². The first kappa shape index (κ1) is 41.8. The van der Waals surface area contributed by atoms with Gasteiger partial charge in [-0.3, -0.25) is 24.0 Å². The smallest absolute Gasteiger partial charge is 0.315 e. The molecule has 6 unspecified atom stereocenters. The Bertz CT molecular complexity index is 1630. The third-order valence-corrected chi connectivity index (χ3v) is 11.8. The van der Waals surface area contributed by atoms with E-state index >= 15 is 0 Å². The lowest BCUT2D eigenvalue weighted by Gasteiger charge is -2.32. The van der Waals surface area contributed by atoms with Crippen LogP contribution in [0.4, 0.5) is 0 Å². The zero-order chi connectivity index (χ0) is 39.1. The number of carbonyl (C=O) groups is 5. The van der Waals surface area contributed by atoms with Crippen molar-refractivity contribution in [3.8, 4) is 0 Å². The molecule has 2 aliphatic rings. The number of rotatable bonds is 14. The third kappa shape index (κ3) is 10.6. The highest BCUT2D eigenvalue weighted by Gasteiger charge is 2.43. The van der Waals surface area contributed by atoms with E-state index in [1.54, 1.807) is 18.7 Å². The van der Waals surface area contributed by atoms with Crippen molar-refractivity contribution in [2.24, 2.45) is 16.9 Å². The first-order valence-electron chi connectivity index (χ1n) is 18.5. The topological polar surface area (TPSA) is 186 Å². The van der Waals surface area contributed by atoms with Crippen molar-refractivity contribution in [3.05, 3.63) is 70.8 Å². The maximum atomic E-state index is 14.0. The van der Waals surface area contributed by atoms with Gasteiger partial charge in [-0.2, -0.15) is 0 Å². The zero-order valence-electron chi connectivity index (χ0n) is 32.2. The first-order chi connectivity index (χ1) is 25.0. The molecule has 0 spiro atoms. The summed E-state index contributed by atoms with van der Waals surface area (Å²) in [6.07, 6.45) is 3.33. The van der Waals surface area contributed by atoms with E-state index in [1.807, 2.05) is 70.2 Å². The van der Waals surface area contributed by atoms with Crippen LogP contribution in [-0.2, 0) is 41.6 Å². The van der Waals surface area contributed by atoms with Gasteiger partial charge in [-0.15, -0.1) is 11.8 Å². The number of ether oxygens (including phenoxy) is 1. The number of nitrogens with one attached hydrogen (secondary N) is 3. The Hall–Kier alpha value is -3.94. The Morgan fingerprint density at radius 2 is 1.64 bits per heavy atom. The normalized spacial score (nSPS) is 20.4. The SMILES string of the molecule is CCNC(=O)C1CC(c2ccc(CC(NC(=O)C(N)C(C)(C)SCC(=O)OC)C(=O)NC3CCCc4ccccc43)cc2)CN1C(=O)C(N)C(C)(C)C. The number of aryl methyl sites for hydroxylation is 1. The second-order valence-electron chi connectivity index (χ2n) is 15.8. The predicted octanol–water partition coefficient (Wildman–Crippen LogP) is 3.11. The van der Waals surface area contributed by atoms with Crippen molar-refractivity contribution in [2.45, 2.75) is 115 Å². The molecule has 1 saturated heterocycles. The van der Waals surface area contributed by atoms with Gasteiger partial charge in [0, 0.05) is 30.2 Å². The summed E-state index contributed by atoms with van der Waals surface area (Å²) < 4.78 is 3.92. The number of likely N-dealkylation sites (N-methyl/N-ethyl adjacent to an activating group) is 1. The highest BCUT2D eigenvalue weighted by molar-refractivity contribution is 8.01. The van der Waals surface area contributed by atoms with Gasteiger partial charge in [0.15, 0.2) is 0 Å². The summed E-state index contributed by atoms with van der Waals surface area (Å²) in [4.78, 5) is 67.7. The molecule has 290 valence electrons. The maximum absolute atomic E-state index is 14.0. The number of nitrogens with two attached hydrogens (primary N) is 2. The second kappa shape index (κ2) is 17.9. The van der Waals surface area contributed by atoms with Crippen LogP contribution >= 0.6 is 11.8 Å². The summed E-state index contributed by atoms with van der Waals surface area (Å²) in [7, 11) is 1.30. The van der Waals surface area contributed by atoms with Crippen molar-refractivity contribution in [2.75, 3.05) is 26.0 Å². The molecule has 0 bridgehead atoms. The number of nitrogens with zero attached hydrogens (tertiary/aromatic N) is 1. The predicted molar refractivity (Wildman–Crippen MR) is 208 cm³/mol. The summed E-state index contributed by atoms with van der Waals surface area (Å²) in [6.45, 7) is 11.9. The van der Waals surface area contributed by atoms with Crippen LogP contribution in [0.15, 0.2) is 48.5 Å². The molecule has 0 saturated carbocycles. The van der Waals surface area contributed by atoms with E-state index < -0.39 is 46.2 Å². The number of hydrogen-bond donors (Lipinski definition) is 5. The largest absolute Gasteiger partial charge is 0.468 e. The van der Waals surface area contributed by atoms with Gasteiger partial charge in [0.25, 0.3) is 0 Å². The Labute approximate surface area is 318 Å². The van der Waals surface area contributed by atoms with Crippen LogP contribution in [0.2, 0.25) is 0 Å². The van der Waals surface area contributed by atoms with E-state index in [-0.39, 0.29) is 41.9 Å². The molecule has 2 aromatic rings. The molecule has 53 heavy (non-hydrogen) atoms. The Balaban J connectivity index is 1.54. The zero-order valence-corrected chi connectivity index (χ0v) is 33.0. The summed E-state index contributed by atoms with van der Waals surface area (Å²) >= 11 is 1.21. The number of fused-ring (bicyclic) bond motifs is 1. The molecule has 0 aromatic heterocycles. The van der Waals surface area contributed by atoms with E-state index in [0.29, 0.717) is 19.5 Å². The van der Waals surface area contributed by atoms with Crippen LogP contribution in [-0.4, -0.2) is 89.4 Å². The third-order valence-electron chi connectivity index (χ3n) is 10.5. The number of thioether (sulfide) groups is 1. The van der Waals surface area contributed by atoms with Gasteiger partial charge in [0.1, 0.15) is 12.1 Å². The average molecular weight is 751 g/mol. The molecule has 4 rings (SSSR count). The minimum absolute atomic E-state index is 0.0299. The standard InChI is InChI=1S/C40H58N6O6S/c1-8-43-36(49)31-21-27(22-46(31)38(51)34(42)39(2,3)4)25-18-16-24(17-19-25)20-30(45-37(50)33(41)40(5,6)53-23-32(47)52-7)35(48)44-29-15-11-13-26-12-9-10-14-28(26)29/h9-10,12,14,16-19,27,29-31,33-34H,8,11,13,15,20-23,41-42H2,1-7H3,(H,43,49)(H,44,48)(H,45,50). The van der Waals surface area contributed by atoms with Gasteiger partial charge in [0.2, 0.25) is 23.6 Å². The average Bonchev–Trinajstić information content (AvgIpc) is 3.58. The van der Waals surface area contributed by atoms with Crippen LogP contribution < -0.4 is 27.4 Å². The first-order valence-corrected chi connectivity index (χ1v) is 19.5. The molecule has 1 aliphatic carbocycles. The van der Waals surface area contributed by atoms with E-state index in [0.717, 1.165) is 36.0 Å². The summed E-state index contributed by atoms with van der Waals surface area (Å²) in [5.41, 5.74) is 16.4. The van der Waals surface area contributed by atoms with Crippen molar-refractivity contribution < 1.29 is 28.7 Å². The van der Waals surface area contributed by atoms with Crippen molar-refractivity contribution in [3.63, 3.8) is 0 Å². The highest BCUT2D eigenvalue weighted by Crippen LogP contribution is 2.35. The van der Waals surface area contributed by atoms with Crippen molar-refractivity contribution >= 4 is 41.4 Å². The molecule has 12 nitrogen and oxygen atoms in total. The van der Waals surface area contributed by atoms with Gasteiger partial charge in [0.05, 0.1) is 31.0 Å². The quantitative estimate of drug-likeness (QED) is 0.181. The number of amides is 4. The van der Waals surface area contributed by atoms with E-state index in [2.05, 4.69) is 22.0 Å². The highest BCUT2D eigenvalue weighted by atomic mass is 32.2. The molecule has 4 amide bonds. The summed E-state index contributed by atoms with van der Waals surface area (Å²) in [5.74, 6) is -1.76. The number of carbonyl (C=O) groups excluding carboxylic acids is 5. The van der Waals surface area contributed by atoms with Gasteiger partial charge >= 0.3 is 5.97 Å². The fourth-order valence-corrected chi connectivity index (χ4v) is 7.82. The van der Waals surface area contributed by atoms with Gasteiger partial charge in [-0.05, 0) is 74.1 Å². The molecule has 7 N–H and O–H groups in total. The number of likely N-dealkylation sites (tertiary alicyclic amines) is 1. The lowest BCUT2D eigenvalue weighted by Crippen LogP contribution is -2.57. The number of esters is 1. The van der Waals surface area contributed by atoms with Gasteiger partial charge in [-0.1, -0.05) is 69.3 Å². The molecule has 0 radical (unpaired) electrons. The van der Waals surface area contributed by atoms with Crippen molar-refractivity contribution in [1.82, 2.24) is 20.9 Å². The molecule has 1 fully saturated rings. The van der Waals surface area contributed by atoms with Crippen LogP contribution in [0, 0.1) is 5.41 Å². The number of hydrogen-bond acceptors (Lipinski definition) is 9. The molecule has 13 heteroatoms. The fraction of sp³-hybridized carbons (Fsp3) is 0.575. The lowest BCUT2D eigenvalue weighted by atomic mass is 9.86. The van der Waals surface area contributed by atoms with Gasteiger partial charge < -0.3 is 37.1 Å². The molecular weight excluding hydrogens is 693 g/mol. The summed E-state index contributed by atoms with van der Waals surface area (Å²) in [6, 6.07) is 12.3. The minimum atomic E-state index is -1.03. The number of benzene rings is 2. The summed E-state index contributed by atoms with van der Waals surface area (Å²) in [5, 5.41) is 8.99. The Morgan fingerprint density at radius 3 is 2.28 bits per heavy atom. The second-order valence-corrected chi connectivity index (χ2v) is 17.4.